The molecule has 11 heteroatoms. The molecule has 0 aromatic heterocycles. The van der Waals surface area contributed by atoms with E-state index < -0.39 is 23.9 Å². The van der Waals surface area contributed by atoms with Gasteiger partial charge in [-0.2, -0.15) is 0 Å². The van der Waals surface area contributed by atoms with Crippen molar-refractivity contribution in [3.05, 3.63) is 216 Å². The molecular formula is C60H60N2O9. The lowest BCUT2D eigenvalue weighted by molar-refractivity contribution is -0.139. The van der Waals surface area contributed by atoms with Crippen LogP contribution in [-0.2, 0) is 63.8 Å². The zero-order chi connectivity index (χ0) is 50.9. The number of carbonyl (C=O) groups is 4. The molecule has 0 saturated heterocycles. The minimum atomic E-state index is -0.407. The standard InChI is InChI=1S/C60H60N2O9/c1-41(2)57(63)67-37-33-45-9-17-49(18-10-45)61(50-19-11-46(12-20-50)34-38-68-58(64)42(3)4)53-25-29-55(30-26-53)71-56-31-27-54(28-32-56)62(51-21-13-47(14-22-51)35-39-69-59(65)43(5)6)52-23-15-48(16-24-52)36-40-70-60(66)44(7)8/h9-32H,1,3,5,7,33-40H2,2,4,6,8H3. The van der Waals surface area contributed by atoms with Crippen molar-refractivity contribution in [2.24, 2.45) is 0 Å². The van der Waals surface area contributed by atoms with Crippen LogP contribution in [0.3, 0.4) is 0 Å². The maximum absolute atomic E-state index is 11.9. The molecule has 11 nitrogen and oxygen atoms in total. The third-order valence-electron chi connectivity index (χ3n) is 11.1. The van der Waals surface area contributed by atoms with Crippen molar-refractivity contribution >= 4 is 58.0 Å². The van der Waals surface area contributed by atoms with E-state index in [1.54, 1.807) is 27.7 Å². The predicted octanol–water partition coefficient (Wildman–Crippen LogP) is 13.1. The fourth-order valence-electron chi connectivity index (χ4n) is 7.14. The lowest BCUT2D eigenvalue weighted by Gasteiger charge is -2.26. The summed E-state index contributed by atoms with van der Waals surface area (Å²) in [5.74, 6) is -0.339. The summed E-state index contributed by atoms with van der Waals surface area (Å²) in [6.45, 7) is 22.1. The van der Waals surface area contributed by atoms with E-state index in [-0.39, 0.29) is 26.4 Å². The first-order chi connectivity index (χ1) is 34.1. The molecule has 0 heterocycles. The van der Waals surface area contributed by atoms with Crippen LogP contribution in [0.15, 0.2) is 194 Å². The van der Waals surface area contributed by atoms with Gasteiger partial charge in [0, 0.05) is 82.1 Å². The number of hydrogen-bond acceptors (Lipinski definition) is 11. The third-order valence-corrected chi connectivity index (χ3v) is 11.1. The summed E-state index contributed by atoms with van der Waals surface area (Å²) in [4.78, 5) is 51.9. The monoisotopic (exact) mass is 952 g/mol. The maximum atomic E-state index is 11.9. The van der Waals surface area contributed by atoms with Crippen molar-refractivity contribution in [1.29, 1.82) is 0 Å². The quantitative estimate of drug-likeness (QED) is 0.0327. The van der Waals surface area contributed by atoms with Gasteiger partial charge < -0.3 is 33.5 Å². The molecule has 0 fully saturated rings. The van der Waals surface area contributed by atoms with Crippen LogP contribution in [0.2, 0.25) is 0 Å². The lowest BCUT2D eigenvalue weighted by atomic mass is 10.1. The van der Waals surface area contributed by atoms with Crippen molar-refractivity contribution in [1.82, 2.24) is 0 Å². The largest absolute Gasteiger partial charge is 0.462 e. The van der Waals surface area contributed by atoms with Crippen molar-refractivity contribution in [2.75, 3.05) is 36.2 Å². The molecule has 0 atom stereocenters. The lowest BCUT2D eigenvalue weighted by Crippen LogP contribution is -2.11. The maximum Gasteiger partial charge on any atom is 0.333 e. The molecule has 0 saturated carbocycles. The predicted molar refractivity (Wildman–Crippen MR) is 280 cm³/mol. The number of carbonyl (C=O) groups excluding carboxylic acids is 4. The summed E-state index contributed by atoms with van der Waals surface area (Å²) in [5, 5.41) is 0. The van der Waals surface area contributed by atoms with Gasteiger partial charge in [-0.3, -0.25) is 0 Å². The Kier molecular flexibility index (Phi) is 18.5. The molecule has 6 aromatic carbocycles. The Labute approximate surface area is 416 Å². The fraction of sp³-hybridized carbons (Fsp3) is 0.200. The average Bonchev–Trinajstić information content (AvgIpc) is 3.36. The second-order valence-electron chi connectivity index (χ2n) is 17.1. The number of esters is 4. The minimum absolute atomic E-state index is 0.250. The first-order valence-electron chi connectivity index (χ1n) is 23.3. The number of anilines is 6. The minimum Gasteiger partial charge on any atom is -0.462 e. The van der Waals surface area contributed by atoms with E-state index in [0.717, 1.165) is 56.4 Å². The third kappa shape index (κ3) is 15.3. The van der Waals surface area contributed by atoms with Crippen molar-refractivity contribution in [3.8, 4) is 11.5 Å². The van der Waals surface area contributed by atoms with Gasteiger partial charge >= 0.3 is 23.9 Å². The van der Waals surface area contributed by atoms with Gasteiger partial charge in [0.05, 0.1) is 26.4 Å². The van der Waals surface area contributed by atoms with E-state index >= 15 is 0 Å². The van der Waals surface area contributed by atoms with Crippen LogP contribution in [0.5, 0.6) is 11.5 Å². The van der Waals surface area contributed by atoms with Gasteiger partial charge in [0.25, 0.3) is 0 Å². The second-order valence-corrected chi connectivity index (χ2v) is 17.1. The first kappa shape index (κ1) is 51.9. The van der Waals surface area contributed by atoms with E-state index in [1.165, 1.54) is 0 Å². The molecule has 0 aliphatic carbocycles. The van der Waals surface area contributed by atoms with Gasteiger partial charge in [-0.05, 0) is 147 Å². The second kappa shape index (κ2) is 25.2. The topological polar surface area (TPSA) is 121 Å². The highest BCUT2D eigenvalue weighted by molar-refractivity contribution is 5.88. The summed E-state index contributed by atoms with van der Waals surface area (Å²) >= 11 is 0. The van der Waals surface area contributed by atoms with Crippen LogP contribution in [-0.4, -0.2) is 50.3 Å². The molecule has 0 spiro atoms. The average molecular weight is 953 g/mol. The highest BCUT2D eigenvalue weighted by atomic mass is 16.5. The molecule has 6 rings (SSSR count). The summed E-state index contributed by atoms with van der Waals surface area (Å²) in [7, 11) is 0. The highest BCUT2D eigenvalue weighted by Gasteiger charge is 2.17. The van der Waals surface area contributed by atoms with Crippen LogP contribution in [0.4, 0.5) is 34.1 Å². The smallest absolute Gasteiger partial charge is 0.333 e. The van der Waals surface area contributed by atoms with Crippen molar-refractivity contribution < 1.29 is 42.9 Å². The number of benzene rings is 6. The first-order valence-corrected chi connectivity index (χ1v) is 23.3. The Hall–Kier alpha value is -8.44. The zero-order valence-corrected chi connectivity index (χ0v) is 40.9. The Morgan fingerprint density at radius 2 is 0.507 bits per heavy atom. The molecule has 6 aromatic rings. The molecule has 0 radical (unpaired) electrons. The van der Waals surface area contributed by atoms with E-state index in [9.17, 15) is 19.2 Å². The molecule has 0 aliphatic heterocycles. The van der Waals surface area contributed by atoms with Crippen LogP contribution in [0.25, 0.3) is 0 Å². The molecular weight excluding hydrogens is 893 g/mol. The number of nitrogens with zero attached hydrogens (tertiary/aromatic N) is 2. The SMILES string of the molecule is C=C(C)C(=O)OCCc1ccc(N(c2ccc(CCOC(=O)C(=C)C)cc2)c2ccc(Oc3ccc(N(c4ccc(CCOC(=O)C(=C)C)cc4)c4ccc(CCOC(=O)C(=C)C)cc4)cc3)cc2)cc1. The fourth-order valence-corrected chi connectivity index (χ4v) is 7.14. The van der Waals surface area contributed by atoms with Gasteiger partial charge in [-0.15, -0.1) is 0 Å². The Bertz CT molecular complexity index is 2480. The van der Waals surface area contributed by atoms with Crippen LogP contribution in [0.1, 0.15) is 49.9 Å². The molecule has 0 bridgehead atoms. The van der Waals surface area contributed by atoms with Crippen molar-refractivity contribution in [2.45, 2.75) is 53.4 Å². The number of ether oxygens (including phenoxy) is 5. The van der Waals surface area contributed by atoms with Gasteiger partial charge in [-0.1, -0.05) is 74.8 Å². The van der Waals surface area contributed by atoms with Gasteiger partial charge in [-0.25, -0.2) is 19.2 Å². The normalized spacial score (nSPS) is 10.6. The Morgan fingerprint density at radius 1 is 0.324 bits per heavy atom. The Balaban J connectivity index is 1.20. The van der Waals surface area contributed by atoms with Gasteiger partial charge in [0.1, 0.15) is 11.5 Å². The van der Waals surface area contributed by atoms with E-state index in [2.05, 4.69) is 36.1 Å². The van der Waals surface area contributed by atoms with Crippen LogP contribution < -0.4 is 14.5 Å². The Morgan fingerprint density at radius 3 is 0.690 bits per heavy atom. The van der Waals surface area contributed by atoms with Crippen LogP contribution >= 0.6 is 0 Å². The molecule has 0 amide bonds. The van der Waals surface area contributed by atoms with E-state index in [1.807, 2.05) is 146 Å². The number of hydrogen-bond donors (Lipinski definition) is 0. The van der Waals surface area contributed by atoms with Crippen molar-refractivity contribution in [3.63, 3.8) is 0 Å². The molecule has 0 unspecified atom stereocenters. The molecule has 0 aliphatic rings. The van der Waals surface area contributed by atoms with Gasteiger partial charge in [0.15, 0.2) is 0 Å². The van der Waals surface area contributed by atoms with Gasteiger partial charge in [0.2, 0.25) is 0 Å². The highest BCUT2D eigenvalue weighted by Crippen LogP contribution is 2.38. The molecule has 364 valence electrons. The van der Waals surface area contributed by atoms with Crippen LogP contribution in [0, 0.1) is 0 Å². The number of rotatable bonds is 24. The molecule has 71 heavy (non-hydrogen) atoms. The zero-order valence-electron chi connectivity index (χ0n) is 40.9. The summed E-state index contributed by atoms with van der Waals surface area (Å²) < 4.78 is 27.7. The summed E-state index contributed by atoms with van der Waals surface area (Å²) in [6, 6.07) is 48.2. The summed E-state index contributed by atoms with van der Waals surface area (Å²) in [5.41, 5.74) is 11.0. The van der Waals surface area contributed by atoms with E-state index in [4.69, 9.17) is 23.7 Å². The molecule has 0 N–H and O–H groups in total. The summed E-state index contributed by atoms with van der Waals surface area (Å²) in [6.07, 6.45) is 2.24. The van der Waals surface area contributed by atoms with E-state index in [0.29, 0.717) is 59.5 Å².